The summed E-state index contributed by atoms with van der Waals surface area (Å²) in [5.41, 5.74) is 3.69. The quantitative estimate of drug-likeness (QED) is 0.487. The van der Waals surface area contributed by atoms with Crippen LogP contribution in [0, 0.1) is 5.82 Å². The van der Waals surface area contributed by atoms with Gasteiger partial charge in [-0.15, -0.1) is 0 Å². The molecule has 0 unspecified atom stereocenters. The van der Waals surface area contributed by atoms with Crippen LogP contribution in [0.25, 0.3) is 5.57 Å². The Morgan fingerprint density at radius 2 is 1.45 bits per heavy atom. The third kappa shape index (κ3) is 4.80. The Kier molecular flexibility index (Phi) is 6.54. The number of nitrogens with one attached hydrogen (secondary N) is 1. The molecule has 0 aromatic heterocycles. The largest absolute Gasteiger partial charge is 0.494 e. The minimum absolute atomic E-state index is 0.0540. The summed E-state index contributed by atoms with van der Waals surface area (Å²) in [6.07, 6.45) is 0.906. The predicted molar refractivity (Wildman–Crippen MR) is 126 cm³/mol. The van der Waals surface area contributed by atoms with Crippen LogP contribution in [0.5, 0.6) is 5.75 Å². The molecule has 0 aliphatic carbocycles. The molecule has 2 amide bonds. The van der Waals surface area contributed by atoms with E-state index < -0.39 is 11.8 Å². The number of benzene rings is 3. The second-order valence-corrected chi connectivity index (χ2v) is 7.71. The monoisotopic (exact) mass is 444 g/mol. The summed E-state index contributed by atoms with van der Waals surface area (Å²) in [7, 11) is 0. The summed E-state index contributed by atoms with van der Waals surface area (Å²) < 4.78 is 18.8. The number of nitrogens with zero attached hydrogens (tertiary/aromatic N) is 1. The van der Waals surface area contributed by atoms with Gasteiger partial charge in [0, 0.05) is 5.69 Å². The summed E-state index contributed by atoms with van der Waals surface area (Å²) in [6.45, 7) is 4.56. The first-order valence-corrected chi connectivity index (χ1v) is 10.9. The molecule has 1 aliphatic rings. The van der Waals surface area contributed by atoms with Gasteiger partial charge in [-0.2, -0.15) is 0 Å². The number of anilines is 1. The van der Waals surface area contributed by atoms with Crippen LogP contribution >= 0.6 is 0 Å². The molecular formula is C27H25FN2O3. The second-order valence-electron chi connectivity index (χ2n) is 7.71. The van der Waals surface area contributed by atoms with E-state index in [1.165, 1.54) is 22.6 Å². The Morgan fingerprint density at radius 1 is 0.818 bits per heavy atom. The van der Waals surface area contributed by atoms with E-state index >= 15 is 0 Å². The lowest BCUT2D eigenvalue weighted by Gasteiger charge is -2.15. The maximum atomic E-state index is 13.4. The number of hydrogen-bond acceptors (Lipinski definition) is 4. The molecule has 0 spiro atoms. The maximum absolute atomic E-state index is 13.4. The van der Waals surface area contributed by atoms with E-state index in [2.05, 4.69) is 12.2 Å². The van der Waals surface area contributed by atoms with Gasteiger partial charge in [-0.3, -0.25) is 14.5 Å². The number of imide groups is 1. The third-order valence-electron chi connectivity index (χ3n) is 5.51. The standard InChI is InChI=1S/C27H25FN2O3/c1-3-18-7-13-22(14-8-18)29-25-24(20-9-15-23(16-10-20)33-4-2)26(31)30(27(25)32)17-19-5-11-21(28)12-6-19/h5-16,29H,3-4,17H2,1-2H3. The predicted octanol–water partition coefficient (Wildman–Crippen LogP) is 5.18. The number of carbonyl (C=O) groups excluding carboxylic acids is 2. The number of hydrogen-bond donors (Lipinski definition) is 1. The first-order chi connectivity index (χ1) is 16.0. The summed E-state index contributed by atoms with van der Waals surface area (Å²) >= 11 is 0. The van der Waals surface area contributed by atoms with Crippen molar-refractivity contribution >= 4 is 23.1 Å². The zero-order chi connectivity index (χ0) is 23.4. The second kappa shape index (κ2) is 9.69. The van der Waals surface area contributed by atoms with Crippen molar-refractivity contribution in [2.24, 2.45) is 0 Å². The molecule has 3 aromatic rings. The van der Waals surface area contributed by atoms with Crippen LogP contribution in [0.4, 0.5) is 10.1 Å². The highest BCUT2D eigenvalue weighted by molar-refractivity contribution is 6.36. The molecule has 0 saturated heterocycles. The highest BCUT2D eigenvalue weighted by atomic mass is 19.1. The summed E-state index contributed by atoms with van der Waals surface area (Å²) in [5, 5.41) is 3.16. The van der Waals surface area contributed by atoms with Crippen molar-refractivity contribution in [1.29, 1.82) is 0 Å². The summed E-state index contributed by atoms with van der Waals surface area (Å²) in [5.74, 6) is -0.510. The van der Waals surface area contributed by atoms with Crippen LogP contribution in [0.1, 0.15) is 30.5 Å². The summed E-state index contributed by atoms with van der Waals surface area (Å²) in [6, 6.07) is 20.6. The Labute approximate surface area is 192 Å². The minimum Gasteiger partial charge on any atom is -0.494 e. The lowest BCUT2D eigenvalue weighted by atomic mass is 10.0. The van der Waals surface area contributed by atoms with Crippen LogP contribution in [0.2, 0.25) is 0 Å². The van der Waals surface area contributed by atoms with Crippen molar-refractivity contribution in [1.82, 2.24) is 4.90 Å². The first kappa shape index (κ1) is 22.3. The average Bonchev–Trinajstić information content (AvgIpc) is 3.06. The lowest BCUT2D eigenvalue weighted by Crippen LogP contribution is -2.32. The molecular weight excluding hydrogens is 419 g/mol. The Balaban J connectivity index is 1.70. The molecule has 5 nitrogen and oxygen atoms in total. The fourth-order valence-corrected chi connectivity index (χ4v) is 3.73. The zero-order valence-corrected chi connectivity index (χ0v) is 18.6. The topological polar surface area (TPSA) is 58.6 Å². The Morgan fingerprint density at radius 3 is 2.06 bits per heavy atom. The molecule has 0 bridgehead atoms. The van der Waals surface area contributed by atoms with Gasteiger partial charge in [0.15, 0.2) is 0 Å². The van der Waals surface area contributed by atoms with E-state index in [0.29, 0.717) is 29.1 Å². The number of halogens is 1. The van der Waals surface area contributed by atoms with Crippen LogP contribution in [0.3, 0.4) is 0 Å². The van der Waals surface area contributed by atoms with Gasteiger partial charge >= 0.3 is 0 Å². The van der Waals surface area contributed by atoms with Crippen LogP contribution in [-0.2, 0) is 22.6 Å². The Hall–Kier alpha value is -3.93. The smallest absolute Gasteiger partial charge is 0.278 e. The highest BCUT2D eigenvalue weighted by Crippen LogP contribution is 2.32. The van der Waals surface area contributed by atoms with Gasteiger partial charge in [0.2, 0.25) is 0 Å². The Bertz CT molecular complexity index is 1180. The fraction of sp³-hybridized carbons (Fsp3) is 0.185. The maximum Gasteiger partial charge on any atom is 0.278 e. The lowest BCUT2D eigenvalue weighted by molar-refractivity contribution is -0.137. The number of carbonyl (C=O) groups is 2. The van der Waals surface area contributed by atoms with E-state index in [4.69, 9.17) is 4.74 Å². The molecule has 0 atom stereocenters. The summed E-state index contributed by atoms with van der Waals surface area (Å²) in [4.78, 5) is 27.9. The van der Waals surface area contributed by atoms with Crippen LogP contribution < -0.4 is 10.1 Å². The van der Waals surface area contributed by atoms with Gasteiger partial charge in [0.1, 0.15) is 17.3 Å². The fourth-order valence-electron chi connectivity index (χ4n) is 3.73. The van der Waals surface area contributed by atoms with Crippen molar-refractivity contribution in [2.75, 3.05) is 11.9 Å². The van der Waals surface area contributed by atoms with Crippen molar-refractivity contribution < 1.29 is 18.7 Å². The molecule has 168 valence electrons. The van der Waals surface area contributed by atoms with E-state index in [1.807, 2.05) is 31.2 Å². The minimum atomic E-state index is -0.423. The normalized spacial score (nSPS) is 13.6. The number of ether oxygens (including phenoxy) is 1. The van der Waals surface area contributed by atoms with Gasteiger partial charge in [-0.05, 0) is 66.4 Å². The number of aryl methyl sites for hydroxylation is 1. The van der Waals surface area contributed by atoms with Gasteiger partial charge in [-0.1, -0.05) is 43.3 Å². The third-order valence-corrected chi connectivity index (χ3v) is 5.51. The zero-order valence-electron chi connectivity index (χ0n) is 18.6. The highest BCUT2D eigenvalue weighted by Gasteiger charge is 2.39. The van der Waals surface area contributed by atoms with Crippen molar-refractivity contribution in [3.8, 4) is 5.75 Å². The molecule has 1 N–H and O–H groups in total. The van der Waals surface area contributed by atoms with Crippen molar-refractivity contribution in [3.63, 3.8) is 0 Å². The average molecular weight is 445 g/mol. The molecule has 6 heteroatoms. The molecule has 1 heterocycles. The molecule has 0 fully saturated rings. The number of rotatable bonds is 8. The van der Waals surface area contributed by atoms with Gasteiger partial charge in [-0.25, -0.2) is 4.39 Å². The molecule has 4 rings (SSSR count). The molecule has 33 heavy (non-hydrogen) atoms. The number of amides is 2. The SMILES string of the molecule is CCOc1ccc(C2=C(Nc3ccc(CC)cc3)C(=O)N(Cc3ccc(F)cc3)C2=O)cc1. The van der Waals surface area contributed by atoms with E-state index in [-0.39, 0.29) is 18.1 Å². The van der Waals surface area contributed by atoms with Crippen LogP contribution in [0.15, 0.2) is 78.5 Å². The van der Waals surface area contributed by atoms with Gasteiger partial charge in [0.25, 0.3) is 11.8 Å². The van der Waals surface area contributed by atoms with E-state index in [1.54, 1.807) is 36.4 Å². The van der Waals surface area contributed by atoms with Gasteiger partial charge < -0.3 is 10.1 Å². The molecule has 3 aromatic carbocycles. The van der Waals surface area contributed by atoms with Crippen molar-refractivity contribution in [2.45, 2.75) is 26.8 Å². The van der Waals surface area contributed by atoms with E-state index in [0.717, 1.165) is 12.1 Å². The van der Waals surface area contributed by atoms with Crippen molar-refractivity contribution in [3.05, 3.63) is 101 Å². The molecule has 0 saturated carbocycles. The van der Waals surface area contributed by atoms with E-state index in [9.17, 15) is 14.0 Å². The molecule has 0 radical (unpaired) electrons. The molecule has 1 aliphatic heterocycles. The first-order valence-electron chi connectivity index (χ1n) is 10.9. The van der Waals surface area contributed by atoms with Crippen LogP contribution in [-0.4, -0.2) is 23.3 Å². The van der Waals surface area contributed by atoms with Gasteiger partial charge in [0.05, 0.1) is 18.7 Å².